The fourth-order valence-corrected chi connectivity index (χ4v) is 4.92. The van der Waals surface area contributed by atoms with E-state index in [2.05, 4.69) is 10.0 Å². The fraction of sp³-hybridized carbons (Fsp3) is 0.269. The molecule has 8 heteroatoms. The molecule has 0 spiro atoms. The maximum absolute atomic E-state index is 13.0. The second kappa shape index (κ2) is 9.77. The van der Waals surface area contributed by atoms with Crippen LogP contribution in [0.2, 0.25) is 0 Å². The molecule has 3 aromatic carbocycles. The average molecular weight is 481 g/mol. The summed E-state index contributed by atoms with van der Waals surface area (Å²) in [7, 11) is -3.77. The van der Waals surface area contributed by atoms with Gasteiger partial charge in [0, 0.05) is 5.56 Å². The number of carbonyl (C=O) groups is 1. The van der Waals surface area contributed by atoms with Gasteiger partial charge in [0.15, 0.2) is 11.5 Å². The van der Waals surface area contributed by atoms with Gasteiger partial charge in [-0.1, -0.05) is 38.1 Å². The molecule has 0 unspecified atom stereocenters. The molecule has 0 saturated heterocycles. The number of benzene rings is 3. The van der Waals surface area contributed by atoms with Crippen molar-refractivity contribution in [2.24, 2.45) is 5.92 Å². The zero-order valence-corrected chi connectivity index (χ0v) is 20.2. The van der Waals surface area contributed by atoms with Crippen molar-refractivity contribution in [2.75, 3.05) is 17.9 Å². The van der Waals surface area contributed by atoms with Gasteiger partial charge in [-0.2, -0.15) is 0 Å². The van der Waals surface area contributed by atoms with Gasteiger partial charge in [-0.15, -0.1) is 0 Å². The van der Waals surface area contributed by atoms with Crippen LogP contribution in [0.5, 0.6) is 11.5 Å². The molecular formula is C26H28N2O5S. The number of anilines is 1. The first kappa shape index (κ1) is 23.6. The Morgan fingerprint density at radius 2 is 1.59 bits per heavy atom. The topological polar surface area (TPSA) is 93.7 Å². The first-order valence-electron chi connectivity index (χ1n) is 11.1. The highest BCUT2D eigenvalue weighted by Crippen LogP contribution is 2.34. The van der Waals surface area contributed by atoms with E-state index >= 15 is 0 Å². The lowest BCUT2D eigenvalue weighted by atomic mass is 9.95. The van der Waals surface area contributed by atoms with Crippen molar-refractivity contribution in [3.05, 3.63) is 83.4 Å². The van der Waals surface area contributed by atoms with E-state index in [0.717, 1.165) is 11.1 Å². The third-order valence-electron chi connectivity index (χ3n) is 5.69. The van der Waals surface area contributed by atoms with Crippen LogP contribution in [0.4, 0.5) is 5.69 Å². The number of rotatable bonds is 7. The van der Waals surface area contributed by atoms with Crippen LogP contribution in [-0.2, 0) is 10.0 Å². The van der Waals surface area contributed by atoms with Crippen LogP contribution < -0.4 is 19.5 Å². The van der Waals surface area contributed by atoms with E-state index in [0.29, 0.717) is 36.0 Å². The van der Waals surface area contributed by atoms with Crippen LogP contribution in [0.3, 0.4) is 0 Å². The van der Waals surface area contributed by atoms with Crippen molar-refractivity contribution in [1.29, 1.82) is 0 Å². The third kappa shape index (κ3) is 5.17. The summed E-state index contributed by atoms with van der Waals surface area (Å²) < 4.78 is 39.4. The number of carbonyl (C=O) groups excluding carboxylic acids is 1. The number of fused-ring (bicyclic) bond motifs is 1. The molecule has 1 amide bonds. The van der Waals surface area contributed by atoms with Gasteiger partial charge in [0.1, 0.15) is 13.2 Å². The number of sulfonamides is 1. The molecule has 0 aromatic heterocycles. The first-order chi connectivity index (χ1) is 16.2. The summed E-state index contributed by atoms with van der Waals surface area (Å²) >= 11 is 0. The summed E-state index contributed by atoms with van der Waals surface area (Å²) in [6, 6.07) is 18.5. The molecule has 0 fully saturated rings. The molecule has 7 nitrogen and oxygen atoms in total. The zero-order chi connectivity index (χ0) is 24.3. The minimum atomic E-state index is -3.77. The van der Waals surface area contributed by atoms with Gasteiger partial charge < -0.3 is 14.8 Å². The molecule has 0 radical (unpaired) electrons. The Labute approximate surface area is 200 Å². The fourth-order valence-electron chi connectivity index (χ4n) is 3.79. The summed E-state index contributed by atoms with van der Waals surface area (Å²) in [6.45, 7) is 6.88. The predicted molar refractivity (Wildman–Crippen MR) is 131 cm³/mol. The van der Waals surface area contributed by atoms with E-state index in [1.807, 2.05) is 51.1 Å². The molecule has 34 heavy (non-hydrogen) atoms. The Morgan fingerprint density at radius 1 is 0.912 bits per heavy atom. The standard InChI is InChI=1S/C26H28N2O5S/c1-17(2)25(20-10-13-23-24(16-20)33-15-14-32-23)27-26(29)19-8-11-21(12-9-19)34(30,31)28-22-7-5-4-6-18(22)3/h4-13,16-17,25,28H,14-15H2,1-3H3,(H,27,29)/t25-/m0/s1. The molecule has 0 bridgehead atoms. The Hall–Kier alpha value is -3.52. The predicted octanol–water partition coefficient (Wildman–Crippen LogP) is 4.69. The maximum Gasteiger partial charge on any atom is 0.261 e. The number of nitrogens with one attached hydrogen (secondary N) is 2. The van der Waals surface area contributed by atoms with Crippen LogP contribution in [0.1, 0.15) is 41.4 Å². The summed E-state index contributed by atoms with van der Waals surface area (Å²) in [4.78, 5) is 13.1. The molecule has 2 N–H and O–H groups in total. The van der Waals surface area contributed by atoms with Crippen molar-refractivity contribution >= 4 is 21.6 Å². The molecule has 1 aliphatic heterocycles. The monoisotopic (exact) mass is 480 g/mol. The van der Waals surface area contributed by atoms with E-state index in [9.17, 15) is 13.2 Å². The van der Waals surface area contributed by atoms with Gasteiger partial charge in [0.05, 0.1) is 16.6 Å². The number of hydrogen-bond acceptors (Lipinski definition) is 5. The van der Waals surface area contributed by atoms with Crippen molar-refractivity contribution < 1.29 is 22.7 Å². The van der Waals surface area contributed by atoms with Crippen molar-refractivity contribution in [2.45, 2.75) is 31.7 Å². The minimum Gasteiger partial charge on any atom is -0.486 e. The SMILES string of the molecule is Cc1ccccc1NS(=O)(=O)c1ccc(C(=O)N[C@H](c2ccc3c(c2)OCCO3)C(C)C)cc1. The number of para-hydroxylation sites is 1. The minimum absolute atomic E-state index is 0.0829. The molecule has 0 aliphatic carbocycles. The summed E-state index contributed by atoms with van der Waals surface area (Å²) in [5.41, 5.74) is 2.62. The second-order valence-corrected chi connectivity index (χ2v) is 10.2. The van der Waals surface area contributed by atoms with Gasteiger partial charge in [-0.05, 0) is 66.4 Å². The summed E-state index contributed by atoms with van der Waals surface area (Å²) in [5, 5.41) is 3.06. The van der Waals surface area contributed by atoms with Crippen LogP contribution >= 0.6 is 0 Å². The van der Waals surface area contributed by atoms with Gasteiger partial charge in [0.2, 0.25) is 0 Å². The Bertz CT molecular complexity index is 1290. The second-order valence-electron chi connectivity index (χ2n) is 8.54. The highest BCUT2D eigenvalue weighted by Gasteiger charge is 2.23. The molecule has 1 aliphatic rings. The van der Waals surface area contributed by atoms with Gasteiger partial charge >= 0.3 is 0 Å². The lowest BCUT2D eigenvalue weighted by molar-refractivity contribution is 0.0925. The van der Waals surface area contributed by atoms with Gasteiger partial charge in [0.25, 0.3) is 15.9 Å². The summed E-state index contributed by atoms with van der Waals surface area (Å²) in [6.07, 6.45) is 0. The Kier molecular flexibility index (Phi) is 6.79. The van der Waals surface area contributed by atoms with Crippen LogP contribution in [0, 0.1) is 12.8 Å². The average Bonchev–Trinajstić information content (AvgIpc) is 2.83. The van der Waals surface area contributed by atoms with E-state index in [1.165, 1.54) is 24.3 Å². The number of amides is 1. The molecule has 1 atom stereocenters. The Morgan fingerprint density at radius 3 is 2.26 bits per heavy atom. The Balaban J connectivity index is 1.50. The summed E-state index contributed by atoms with van der Waals surface area (Å²) in [5.74, 6) is 1.19. The zero-order valence-electron chi connectivity index (χ0n) is 19.4. The van der Waals surface area contributed by atoms with Crippen molar-refractivity contribution in [1.82, 2.24) is 5.32 Å². The number of hydrogen-bond donors (Lipinski definition) is 2. The first-order valence-corrected chi connectivity index (χ1v) is 12.6. The third-order valence-corrected chi connectivity index (χ3v) is 7.08. The molecule has 178 valence electrons. The van der Waals surface area contributed by atoms with Crippen LogP contribution in [0.15, 0.2) is 71.6 Å². The van der Waals surface area contributed by atoms with Crippen LogP contribution in [-0.4, -0.2) is 27.5 Å². The van der Waals surface area contributed by atoms with Gasteiger partial charge in [-0.3, -0.25) is 9.52 Å². The highest BCUT2D eigenvalue weighted by atomic mass is 32.2. The quantitative estimate of drug-likeness (QED) is 0.512. The number of aryl methyl sites for hydroxylation is 1. The van der Waals surface area contributed by atoms with Crippen LogP contribution in [0.25, 0.3) is 0 Å². The molecule has 3 aromatic rings. The molecular weight excluding hydrogens is 452 g/mol. The highest BCUT2D eigenvalue weighted by molar-refractivity contribution is 7.92. The largest absolute Gasteiger partial charge is 0.486 e. The smallest absolute Gasteiger partial charge is 0.261 e. The van der Waals surface area contributed by atoms with Gasteiger partial charge in [-0.25, -0.2) is 8.42 Å². The molecule has 0 saturated carbocycles. The maximum atomic E-state index is 13.0. The van der Waals surface area contributed by atoms with E-state index in [4.69, 9.17) is 9.47 Å². The van der Waals surface area contributed by atoms with Crippen molar-refractivity contribution in [3.63, 3.8) is 0 Å². The van der Waals surface area contributed by atoms with E-state index in [-0.39, 0.29) is 22.8 Å². The number of ether oxygens (including phenoxy) is 2. The lowest BCUT2D eigenvalue weighted by Crippen LogP contribution is -2.32. The molecule has 4 rings (SSSR count). The molecule has 1 heterocycles. The lowest BCUT2D eigenvalue weighted by Gasteiger charge is -2.25. The van der Waals surface area contributed by atoms with Crippen molar-refractivity contribution in [3.8, 4) is 11.5 Å². The van der Waals surface area contributed by atoms with E-state index in [1.54, 1.807) is 12.1 Å². The normalized spacial score (nSPS) is 13.9. The van der Waals surface area contributed by atoms with E-state index < -0.39 is 10.0 Å².